The first-order chi connectivity index (χ1) is 17.3. The van der Waals surface area contributed by atoms with Gasteiger partial charge < -0.3 is 13.9 Å². The first-order valence-corrected chi connectivity index (χ1v) is 12.0. The Hall–Kier alpha value is -4.37. The van der Waals surface area contributed by atoms with Crippen LogP contribution in [0, 0.1) is 0 Å². The van der Waals surface area contributed by atoms with Crippen LogP contribution in [0.3, 0.4) is 0 Å². The Bertz CT molecular complexity index is 1890. The number of nitrogens with zero attached hydrogens (tertiary/aromatic N) is 4. The maximum absolute atomic E-state index is 6.53. The Balaban J connectivity index is 1.38. The molecule has 0 saturated heterocycles. The van der Waals surface area contributed by atoms with Crippen molar-refractivity contribution in [2.24, 2.45) is 0 Å². The first kappa shape index (κ1) is 18.0. The summed E-state index contributed by atoms with van der Waals surface area (Å²) >= 11 is 1.50. The first-order valence-electron chi connectivity index (χ1n) is 11.2. The fraction of sp³-hybridized carbons (Fsp3) is 0. The summed E-state index contributed by atoms with van der Waals surface area (Å²) in [5.74, 6) is 2.55. The fourth-order valence-corrected chi connectivity index (χ4v) is 6.51. The van der Waals surface area contributed by atoms with Gasteiger partial charge in [-0.3, -0.25) is 0 Å². The molecule has 35 heavy (non-hydrogen) atoms. The number of hydrogen-bond acceptors (Lipinski definition) is 8. The monoisotopic (exact) mass is 470 g/mol. The van der Waals surface area contributed by atoms with Crippen molar-refractivity contribution in [2.45, 2.75) is 10.1 Å². The maximum atomic E-state index is 6.53. The Morgan fingerprint density at radius 1 is 0.657 bits per heavy atom. The van der Waals surface area contributed by atoms with Crippen molar-refractivity contribution in [2.75, 3.05) is 0 Å². The highest BCUT2D eigenvalue weighted by Crippen LogP contribution is 2.45. The molecule has 3 aliphatic heterocycles. The summed E-state index contributed by atoms with van der Waals surface area (Å²) in [4.78, 5) is 18.0. The molecule has 7 nitrogen and oxygen atoms in total. The lowest BCUT2D eigenvalue weighted by molar-refractivity contribution is 0.442. The number of para-hydroxylation sites is 2. The molecular weight excluding hydrogens is 459 g/mol. The average molecular weight is 470 g/mol. The average Bonchev–Trinajstić information content (AvgIpc) is 3.28. The lowest BCUT2D eigenvalue weighted by atomic mass is 9.35. The van der Waals surface area contributed by atoms with Crippen LogP contribution >= 0.6 is 11.8 Å². The number of rotatable bonds is 1. The molecule has 3 aromatic heterocycles. The fourth-order valence-electron chi connectivity index (χ4n) is 5.50. The van der Waals surface area contributed by atoms with Crippen LogP contribution in [-0.4, -0.2) is 26.6 Å². The van der Waals surface area contributed by atoms with Gasteiger partial charge in [-0.2, -0.15) is 0 Å². The van der Waals surface area contributed by atoms with Gasteiger partial charge in [-0.1, -0.05) is 48.2 Å². The Morgan fingerprint density at radius 3 is 2.29 bits per heavy atom. The van der Waals surface area contributed by atoms with E-state index in [1.54, 1.807) is 6.33 Å². The second-order valence-electron chi connectivity index (χ2n) is 8.67. The third kappa shape index (κ3) is 2.19. The Kier molecular flexibility index (Phi) is 3.19. The second-order valence-corrected chi connectivity index (χ2v) is 9.65. The van der Waals surface area contributed by atoms with E-state index >= 15 is 0 Å². The molecule has 0 aliphatic carbocycles. The quantitative estimate of drug-likeness (QED) is 0.263. The molecule has 0 fully saturated rings. The molecule has 0 N–H and O–H groups in total. The minimum Gasteiger partial charge on any atom is -0.455 e. The molecule has 9 rings (SSSR count). The summed E-state index contributed by atoms with van der Waals surface area (Å²) in [7, 11) is 0. The number of furan rings is 1. The molecule has 0 amide bonds. The Morgan fingerprint density at radius 2 is 1.43 bits per heavy atom. The van der Waals surface area contributed by atoms with E-state index < -0.39 is 0 Å². The van der Waals surface area contributed by atoms with Crippen molar-refractivity contribution >= 4 is 56.8 Å². The van der Waals surface area contributed by atoms with E-state index in [-0.39, 0.29) is 6.71 Å². The van der Waals surface area contributed by atoms with E-state index in [0.717, 1.165) is 65.3 Å². The van der Waals surface area contributed by atoms with Gasteiger partial charge in [0.15, 0.2) is 0 Å². The van der Waals surface area contributed by atoms with Crippen LogP contribution in [0.15, 0.2) is 81.7 Å². The van der Waals surface area contributed by atoms with Crippen molar-refractivity contribution in [3.05, 3.63) is 67.3 Å². The zero-order valence-electron chi connectivity index (χ0n) is 17.9. The molecule has 0 saturated carbocycles. The van der Waals surface area contributed by atoms with Crippen molar-refractivity contribution in [3.63, 3.8) is 0 Å². The lowest BCUT2D eigenvalue weighted by Crippen LogP contribution is -2.61. The van der Waals surface area contributed by atoms with Crippen LogP contribution in [0.5, 0.6) is 23.3 Å². The lowest BCUT2D eigenvalue weighted by Gasteiger charge is -2.35. The molecule has 162 valence electrons. The number of benzene rings is 3. The molecule has 0 bridgehead atoms. The summed E-state index contributed by atoms with van der Waals surface area (Å²) < 4.78 is 19.1. The van der Waals surface area contributed by atoms with Gasteiger partial charge in [0.1, 0.15) is 45.4 Å². The number of ether oxygens (including phenoxy) is 2. The molecule has 0 atom stereocenters. The zero-order chi connectivity index (χ0) is 22.7. The molecule has 6 heterocycles. The Labute approximate surface area is 202 Å². The molecule has 0 radical (unpaired) electrons. The van der Waals surface area contributed by atoms with Crippen molar-refractivity contribution in [1.29, 1.82) is 0 Å². The zero-order valence-corrected chi connectivity index (χ0v) is 18.7. The van der Waals surface area contributed by atoms with E-state index in [4.69, 9.17) is 13.9 Å². The van der Waals surface area contributed by atoms with Crippen LogP contribution in [0.2, 0.25) is 0 Å². The smallest absolute Gasteiger partial charge is 0.272 e. The van der Waals surface area contributed by atoms with Gasteiger partial charge >= 0.3 is 0 Å². The van der Waals surface area contributed by atoms with E-state index in [9.17, 15) is 0 Å². The van der Waals surface area contributed by atoms with Crippen molar-refractivity contribution in [3.8, 4) is 34.4 Å². The summed E-state index contributed by atoms with van der Waals surface area (Å²) in [6, 6.07) is 18.3. The van der Waals surface area contributed by atoms with Gasteiger partial charge in [-0.25, -0.2) is 19.9 Å². The van der Waals surface area contributed by atoms with Gasteiger partial charge in [0.2, 0.25) is 11.8 Å². The third-order valence-electron chi connectivity index (χ3n) is 6.94. The van der Waals surface area contributed by atoms with Crippen LogP contribution < -0.4 is 25.9 Å². The predicted octanol–water partition coefficient (Wildman–Crippen LogP) is 4.03. The van der Waals surface area contributed by atoms with Crippen LogP contribution in [-0.2, 0) is 0 Å². The third-order valence-corrected chi connectivity index (χ3v) is 7.97. The van der Waals surface area contributed by atoms with Crippen LogP contribution in [0.4, 0.5) is 0 Å². The molecule has 9 heteroatoms. The number of hydrogen-bond donors (Lipinski definition) is 0. The predicted molar refractivity (Wildman–Crippen MR) is 132 cm³/mol. The van der Waals surface area contributed by atoms with Gasteiger partial charge in [0.25, 0.3) is 6.71 Å². The topological polar surface area (TPSA) is 83.2 Å². The standard InChI is InChI=1S/C26H11BN4O3S/c1-2-7-16-12(4-1)13-5-3-6-14(21(13)32-16)15-8-9-17-18-22(15)34-24-20-26(31-11-29-24)35-25-19(27(18)20)23(33-17)28-10-30-25/h1-11H. The summed E-state index contributed by atoms with van der Waals surface area (Å²) in [6.07, 6.45) is 3.08. The second kappa shape index (κ2) is 6.19. The van der Waals surface area contributed by atoms with Crippen LogP contribution in [0.1, 0.15) is 0 Å². The maximum Gasteiger partial charge on any atom is 0.272 e. The molecule has 3 aliphatic rings. The number of aromatic nitrogens is 4. The molecule has 3 aromatic carbocycles. The SMILES string of the molecule is c1ccc2c(c1)oc1c(-c3ccc4c5c3Oc3ncnc6c3B5c3c(ncnc3S6)O4)cccc12. The normalized spacial score (nSPS) is 14.0. The van der Waals surface area contributed by atoms with E-state index in [1.807, 2.05) is 30.3 Å². The molecule has 6 aromatic rings. The number of fused-ring (bicyclic) bond motifs is 3. The van der Waals surface area contributed by atoms with Crippen molar-refractivity contribution in [1.82, 2.24) is 19.9 Å². The van der Waals surface area contributed by atoms with E-state index in [1.165, 1.54) is 18.1 Å². The van der Waals surface area contributed by atoms with Gasteiger partial charge in [-0.05, 0) is 18.2 Å². The molecular formula is C26H11BN4O3S. The van der Waals surface area contributed by atoms with Crippen molar-refractivity contribution < 1.29 is 13.9 Å². The van der Waals surface area contributed by atoms with Gasteiger partial charge in [0.05, 0.1) is 0 Å². The highest BCUT2D eigenvalue weighted by molar-refractivity contribution is 8.00. The highest BCUT2D eigenvalue weighted by atomic mass is 32.2. The van der Waals surface area contributed by atoms with E-state index in [0.29, 0.717) is 17.5 Å². The molecule has 0 spiro atoms. The van der Waals surface area contributed by atoms with Gasteiger partial charge in [-0.15, -0.1) is 0 Å². The minimum atomic E-state index is -0.157. The van der Waals surface area contributed by atoms with Crippen LogP contribution in [0.25, 0.3) is 33.1 Å². The highest BCUT2D eigenvalue weighted by Gasteiger charge is 2.48. The van der Waals surface area contributed by atoms with E-state index in [2.05, 4.69) is 44.2 Å². The van der Waals surface area contributed by atoms with Gasteiger partial charge in [0, 0.05) is 38.3 Å². The summed E-state index contributed by atoms with van der Waals surface area (Å²) in [5, 5.41) is 3.85. The largest absolute Gasteiger partial charge is 0.455 e. The minimum absolute atomic E-state index is 0.157. The summed E-state index contributed by atoms with van der Waals surface area (Å²) in [6.45, 7) is -0.157. The summed E-state index contributed by atoms with van der Waals surface area (Å²) in [5.41, 5.74) is 6.38. The molecule has 0 unspecified atom stereocenters.